The Bertz CT molecular complexity index is 614. The maximum Gasteiger partial charge on any atom is 0.144 e. The first-order valence-electron chi connectivity index (χ1n) is 5.60. The summed E-state index contributed by atoms with van der Waals surface area (Å²) >= 11 is 8.81. The van der Waals surface area contributed by atoms with Gasteiger partial charge in [-0.15, -0.1) is 0 Å². The van der Waals surface area contributed by atoms with Crippen LogP contribution in [0.5, 0.6) is 0 Å². The molecular weight excluding hydrogens is 310 g/mol. The van der Waals surface area contributed by atoms with E-state index in [1.165, 1.54) is 0 Å². The molecule has 2 rings (SSSR count). The van der Waals surface area contributed by atoms with E-state index in [4.69, 9.17) is 12.2 Å². The third kappa shape index (κ3) is 2.67. The molecule has 0 saturated heterocycles. The van der Waals surface area contributed by atoms with Gasteiger partial charge in [0.25, 0.3) is 0 Å². The quantitative estimate of drug-likeness (QED) is 0.797. The molecule has 3 nitrogen and oxygen atoms in total. The molecule has 5 heteroatoms. The molecule has 0 aromatic carbocycles. The van der Waals surface area contributed by atoms with Crippen LogP contribution in [0.4, 0.5) is 0 Å². The predicted molar refractivity (Wildman–Crippen MR) is 79.1 cm³/mol. The number of nitrogens with zero attached hydrogens (tertiary/aromatic N) is 2. The van der Waals surface area contributed by atoms with Gasteiger partial charge in [-0.2, -0.15) is 0 Å². The van der Waals surface area contributed by atoms with Crippen molar-refractivity contribution in [2.45, 2.75) is 26.2 Å². The van der Waals surface area contributed by atoms with Crippen molar-refractivity contribution in [3.63, 3.8) is 0 Å². The Morgan fingerprint density at radius 3 is 2.61 bits per heavy atom. The Morgan fingerprint density at radius 1 is 1.33 bits per heavy atom. The second-order valence-electron chi connectivity index (χ2n) is 5.07. The van der Waals surface area contributed by atoms with Crippen LogP contribution in [0.15, 0.2) is 29.0 Å². The number of aromatic nitrogens is 3. The summed E-state index contributed by atoms with van der Waals surface area (Å²) in [4.78, 5) is 11.8. The number of halogens is 1. The largest absolute Gasteiger partial charge is 0.342 e. The van der Waals surface area contributed by atoms with Crippen LogP contribution in [0, 0.1) is 4.64 Å². The van der Waals surface area contributed by atoms with Crippen molar-refractivity contribution in [1.82, 2.24) is 15.0 Å². The fourth-order valence-corrected chi connectivity index (χ4v) is 2.59. The molecule has 0 unspecified atom stereocenters. The number of aromatic amines is 1. The Hall–Kier alpha value is -1.07. The zero-order valence-electron chi connectivity index (χ0n) is 10.5. The Balaban J connectivity index is 2.66. The van der Waals surface area contributed by atoms with E-state index in [0.717, 1.165) is 21.6 Å². The molecule has 0 saturated carbocycles. The van der Waals surface area contributed by atoms with Crippen molar-refractivity contribution in [3.8, 4) is 11.4 Å². The highest BCUT2D eigenvalue weighted by atomic mass is 79.9. The van der Waals surface area contributed by atoms with E-state index in [9.17, 15) is 0 Å². The summed E-state index contributed by atoms with van der Waals surface area (Å²) in [6.45, 7) is 6.39. The van der Waals surface area contributed by atoms with Gasteiger partial charge >= 0.3 is 0 Å². The van der Waals surface area contributed by atoms with Crippen LogP contribution in [0.2, 0.25) is 0 Å². The molecule has 94 valence electrons. The van der Waals surface area contributed by atoms with Crippen molar-refractivity contribution in [3.05, 3.63) is 39.3 Å². The van der Waals surface area contributed by atoms with Crippen LogP contribution in [0.1, 0.15) is 26.5 Å². The van der Waals surface area contributed by atoms with Crippen molar-refractivity contribution >= 4 is 28.1 Å². The Morgan fingerprint density at radius 2 is 2.06 bits per heavy atom. The second-order valence-corrected chi connectivity index (χ2v) is 6.25. The van der Waals surface area contributed by atoms with E-state index in [2.05, 4.69) is 51.7 Å². The number of hydrogen-bond donors (Lipinski definition) is 1. The number of rotatable bonds is 1. The van der Waals surface area contributed by atoms with Crippen LogP contribution in [0.25, 0.3) is 11.4 Å². The maximum absolute atomic E-state index is 5.30. The van der Waals surface area contributed by atoms with Gasteiger partial charge < -0.3 is 4.98 Å². The molecule has 2 aromatic rings. The fraction of sp³-hybridized carbons (Fsp3) is 0.308. The lowest BCUT2D eigenvalue weighted by Gasteiger charge is -2.21. The van der Waals surface area contributed by atoms with Crippen molar-refractivity contribution in [2.24, 2.45) is 0 Å². The molecule has 0 bridgehead atoms. The lowest BCUT2D eigenvalue weighted by Crippen LogP contribution is -2.16. The number of hydrogen-bond acceptors (Lipinski definition) is 3. The summed E-state index contributed by atoms with van der Waals surface area (Å²) in [5.41, 5.74) is 1.94. The van der Waals surface area contributed by atoms with Gasteiger partial charge in [0.1, 0.15) is 10.5 Å². The lowest BCUT2D eigenvalue weighted by molar-refractivity contribution is 0.563. The van der Waals surface area contributed by atoms with E-state index < -0.39 is 0 Å². The molecule has 0 amide bonds. The molecule has 1 N–H and O–H groups in total. The molecule has 0 atom stereocenters. The molecular formula is C13H14BrN3S. The summed E-state index contributed by atoms with van der Waals surface area (Å²) < 4.78 is 1.43. The Labute approximate surface area is 120 Å². The van der Waals surface area contributed by atoms with Gasteiger partial charge in [-0.25, -0.2) is 4.98 Å². The van der Waals surface area contributed by atoms with Gasteiger partial charge in [0.15, 0.2) is 0 Å². The van der Waals surface area contributed by atoms with Crippen LogP contribution < -0.4 is 0 Å². The van der Waals surface area contributed by atoms with E-state index >= 15 is 0 Å². The molecule has 0 aliphatic carbocycles. The summed E-state index contributed by atoms with van der Waals surface area (Å²) in [5.74, 6) is 0.751. The first kappa shape index (κ1) is 13.4. The van der Waals surface area contributed by atoms with Crippen LogP contribution in [0.3, 0.4) is 0 Å². The summed E-state index contributed by atoms with van der Waals surface area (Å²) in [5, 5.41) is 0. The molecule has 2 aromatic heterocycles. The molecule has 18 heavy (non-hydrogen) atoms. The minimum atomic E-state index is -0.0354. The topological polar surface area (TPSA) is 41.6 Å². The third-order valence-corrected chi connectivity index (χ3v) is 3.88. The van der Waals surface area contributed by atoms with Crippen molar-refractivity contribution < 1.29 is 0 Å². The lowest BCUT2D eigenvalue weighted by atomic mass is 9.92. The monoisotopic (exact) mass is 323 g/mol. The summed E-state index contributed by atoms with van der Waals surface area (Å²) in [7, 11) is 0. The number of pyridine rings is 1. The normalized spacial score (nSPS) is 11.6. The second kappa shape index (κ2) is 4.90. The van der Waals surface area contributed by atoms with Crippen molar-refractivity contribution in [1.29, 1.82) is 0 Å². The average molecular weight is 324 g/mol. The minimum Gasteiger partial charge on any atom is -0.342 e. The van der Waals surface area contributed by atoms with E-state index in [0.29, 0.717) is 4.64 Å². The standard InChI is InChI=1S/C13H14BrN3S/c1-13(2,3)10-9(14)12(18)17-11(16-10)8-5-4-6-15-7-8/h4-7H,1-3H3,(H,16,17,18). The van der Waals surface area contributed by atoms with E-state index in [1.54, 1.807) is 12.4 Å². The van der Waals surface area contributed by atoms with Crippen molar-refractivity contribution in [2.75, 3.05) is 0 Å². The molecule has 0 fully saturated rings. The van der Waals surface area contributed by atoms with Gasteiger partial charge in [-0.05, 0) is 28.1 Å². The number of H-pyrrole nitrogens is 1. The van der Waals surface area contributed by atoms with Gasteiger partial charge in [0.2, 0.25) is 0 Å². The summed E-state index contributed by atoms with van der Waals surface area (Å²) in [6.07, 6.45) is 3.51. The van der Waals surface area contributed by atoms with E-state index in [-0.39, 0.29) is 5.41 Å². The third-order valence-electron chi connectivity index (χ3n) is 2.55. The Kier molecular flexibility index (Phi) is 3.64. The molecule has 0 radical (unpaired) electrons. The smallest absolute Gasteiger partial charge is 0.144 e. The SMILES string of the molecule is CC(C)(C)c1[nH]c(-c2cccnc2)nc(=S)c1Br. The van der Waals surface area contributed by atoms with Crippen LogP contribution >= 0.6 is 28.1 Å². The first-order chi connectivity index (χ1) is 8.39. The molecule has 0 aliphatic heterocycles. The highest BCUT2D eigenvalue weighted by Crippen LogP contribution is 2.30. The molecule has 2 heterocycles. The van der Waals surface area contributed by atoms with Gasteiger partial charge in [0.05, 0.1) is 4.47 Å². The molecule has 0 aliphatic rings. The van der Waals surface area contributed by atoms with Gasteiger partial charge in [-0.1, -0.05) is 33.0 Å². The van der Waals surface area contributed by atoms with Gasteiger partial charge in [-0.3, -0.25) is 4.98 Å². The van der Waals surface area contributed by atoms with Gasteiger partial charge in [0, 0.05) is 29.1 Å². The fourth-order valence-electron chi connectivity index (χ4n) is 1.62. The van der Waals surface area contributed by atoms with E-state index in [1.807, 2.05) is 12.1 Å². The first-order valence-corrected chi connectivity index (χ1v) is 6.80. The van der Waals surface area contributed by atoms with Crippen LogP contribution in [-0.4, -0.2) is 15.0 Å². The minimum absolute atomic E-state index is 0.0354. The molecule has 0 spiro atoms. The zero-order valence-corrected chi connectivity index (χ0v) is 12.9. The number of nitrogens with one attached hydrogen (secondary N) is 1. The zero-order chi connectivity index (χ0) is 13.3. The maximum atomic E-state index is 5.30. The predicted octanol–water partition coefficient (Wildman–Crippen LogP) is 4.26. The van der Waals surface area contributed by atoms with Crippen LogP contribution in [-0.2, 0) is 5.41 Å². The highest BCUT2D eigenvalue weighted by molar-refractivity contribution is 9.10. The highest BCUT2D eigenvalue weighted by Gasteiger charge is 2.20. The summed E-state index contributed by atoms with van der Waals surface area (Å²) in [6, 6.07) is 3.84. The average Bonchev–Trinajstić information content (AvgIpc) is 2.32.